The SMILES string of the molecule is CCc1csc([C@@H]2CCCN(C(=O)c3ccc(=O)n(CC)n3)C2)n1. The average molecular weight is 346 g/mol. The Balaban J connectivity index is 1.76. The molecule has 128 valence electrons. The highest BCUT2D eigenvalue weighted by molar-refractivity contribution is 7.09. The Bertz CT molecular complexity index is 783. The lowest BCUT2D eigenvalue weighted by atomic mass is 9.98. The third kappa shape index (κ3) is 3.40. The number of carbonyl (C=O) groups excluding carboxylic acids is 1. The summed E-state index contributed by atoms with van der Waals surface area (Å²) in [6, 6.07) is 2.94. The molecule has 1 aliphatic heterocycles. The molecule has 24 heavy (non-hydrogen) atoms. The second-order valence-corrected chi connectivity index (χ2v) is 6.88. The summed E-state index contributed by atoms with van der Waals surface area (Å²) >= 11 is 1.69. The summed E-state index contributed by atoms with van der Waals surface area (Å²) in [4.78, 5) is 30.9. The number of hydrogen-bond donors (Lipinski definition) is 0. The highest BCUT2D eigenvalue weighted by Crippen LogP contribution is 2.29. The molecular formula is C17H22N4O2S. The van der Waals surface area contributed by atoms with Crippen LogP contribution < -0.4 is 5.56 Å². The number of likely N-dealkylation sites (tertiary alicyclic amines) is 1. The first-order valence-corrected chi connectivity index (χ1v) is 9.32. The predicted octanol–water partition coefficient (Wildman–Crippen LogP) is 2.30. The third-order valence-corrected chi connectivity index (χ3v) is 5.43. The number of carbonyl (C=O) groups is 1. The number of nitrogens with zero attached hydrogens (tertiary/aromatic N) is 4. The Morgan fingerprint density at radius 2 is 2.21 bits per heavy atom. The molecule has 0 aliphatic carbocycles. The molecule has 1 fully saturated rings. The van der Waals surface area contributed by atoms with E-state index in [0.717, 1.165) is 36.5 Å². The van der Waals surface area contributed by atoms with Gasteiger partial charge >= 0.3 is 0 Å². The molecule has 2 aromatic heterocycles. The Morgan fingerprint density at radius 3 is 2.92 bits per heavy atom. The zero-order valence-corrected chi connectivity index (χ0v) is 14.9. The monoisotopic (exact) mass is 346 g/mol. The molecule has 2 aromatic rings. The number of hydrogen-bond acceptors (Lipinski definition) is 5. The summed E-state index contributed by atoms with van der Waals surface area (Å²) in [5.41, 5.74) is 1.28. The van der Waals surface area contributed by atoms with Gasteiger partial charge in [-0.1, -0.05) is 6.92 Å². The van der Waals surface area contributed by atoms with Crippen LogP contribution >= 0.6 is 11.3 Å². The molecule has 0 N–H and O–H groups in total. The van der Waals surface area contributed by atoms with Crippen molar-refractivity contribution in [1.82, 2.24) is 19.7 Å². The van der Waals surface area contributed by atoms with Gasteiger partial charge in [0, 0.05) is 37.0 Å². The molecule has 7 heteroatoms. The molecule has 1 saturated heterocycles. The molecule has 0 aromatic carbocycles. The molecule has 3 heterocycles. The van der Waals surface area contributed by atoms with E-state index < -0.39 is 0 Å². The van der Waals surface area contributed by atoms with Crippen molar-refractivity contribution in [3.63, 3.8) is 0 Å². The van der Waals surface area contributed by atoms with Crippen molar-refractivity contribution in [1.29, 1.82) is 0 Å². The van der Waals surface area contributed by atoms with Gasteiger partial charge in [0.15, 0.2) is 0 Å². The van der Waals surface area contributed by atoms with Crippen LogP contribution in [0.4, 0.5) is 0 Å². The maximum absolute atomic E-state index is 12.7. The number of thiazole rings is 1. The lowest BCUT2D eigenvalue weighted by molar-refractivity contribution is 0.0698. The molecule has 0 spiro atoms. The summed E-state index contributed by atoms with van der Waals surface area (Å²) in [5.74, 6) is 0.194. The van der Waals surface area contributed by atoms with Crippen LogP contribution in [0.25, 0.3) is 0 Å². The Hall–Kier alpha value is -2.02. The van der Waals surface area contributed by atoms with E-state index in [1.165, 1.54) is 16.8 Å². The summed E-state index contributed by atoms with van der Waals surface area (Å²) in [6.07, 6.45) is 2.96. The van der Waals surface area contributed by atoms with Crippen molar-refractivity contribution in [3.8, 4) is 0 Å². The molecule has 0 saturated carbocycles. The lowest BCUT2D eigenvalue weighted by Gasteiger charge is -2.31. The van der Waals surface area contributed by atoms with Gasteiger partial charge in [0.2, 0.25) is 0 Å². The van der Waals surface area contributed by atoms with Crippen LogP contribution in [0.2, 0.25) is 0 Å². The second kappa shape index (κ2) is 7.25. The number of piperidine rings is 1. The Kier molecular flexibility index (Phi) is 5.08. The summed E-state index contributed by atoms with van der Waals surface area (Å²) in [6.45, 7) is 5.80. The molecular weight excluding hydrogens is 324 g/mol. The van der Waals surface area contributed by atoms with E-state index in [-0.39, 0.29) is 11.5 Å². The molecule has 1 atom stereocenters. The molecule has 0 bridgehead atoms. The number of aromatic nitrogens is 3. The number of aryl methyl sites for hydroxylation is 2. The van der Waals surface area contributed by atoms with Gasteiger partial charge in [-0.2, -0.15) is 5.10 Å². The fraction of sp³-hybridized carbons (Fsp3) is 0.529. The van der Waals surface area contributed by atoms with Crippen molar-refractivity contribution in [2.75, 3.05) is 13.1 Å². The highest BCUT2D eigenvalue weighted by atomic mass is 32.1. The largest absolute Gasteiger partial charge is 0.337 e. The smallest absolute Gasteiger partial charge is 0.274 e. The molecule has 6 nitrogen and oxygen atoms in total. The van der Waals surface area contributed by atoms with Crippen molar-refractivity contribution in [3.05, 3.63) is 44.3 Å². The van der Waals surface area contributed by atoms with E-state index >= 15 is 0 Å². The normalized spacial score (nSPS) is 17.9. The third-order valence-electron chi connectivity index (χ3n) is 4.37. The number of rotatable bonds is 4. The van der Waals surface area contributed by atoms with E-state index in [0.29, 0.717) is 24.7 Å². The fourth-order valence-corrected chi connectivity index (χ4v) is 4.02. The van der Waals surface area contributed by atoms with Crippen molar-refractivity contribution in [2.45, 2.75) is 45.6 Å². The van der Waals surface area contributed by atoms with E-state index in [1.54, 1.807) is 11.3 Å². The zero-order valence-electron chi connectivity index (χ0n) is 14.1. The van der Waals surface area contributed by atoms with Crippen LogP contribution in [-0.4, -0.2) is 38.7 Å². The van der Waals surface area contributed by atoms with Crippen molar-refractivity contribution in [2.24, 2.45) is 0 Å². The second-order valence-electron chi connectivity index (χ2n) is 5.99. The minimum atomic E-state index is -0.180. The van der Waals surface area contributed by atoms with Crippen LogP contribution in [0.3, 0.4) is 0 Å². The molecule has 1 amide bonds. The minimum absolute atomic E-state index is 0.103. The molecule has 0 radical (unpaired) electrons. The first-order chi connectivity index (χ1) is 11.6. The van der Waals surface area contributed by atoms with Gasteiger partial charge in [-0.25, -0.2) is 9.67 Å². The van der Waals surface area contributed by atoms with Gasteiger partial charge in [-0.3, -0.25) is 9.59 Å². The van der Waals surface area contributed by atoms with Gasteiger partial charge in [-0.05, 0) is 32.3 Å². The first kappa shape index (κ1) is 16.8. The van der Waals surface area contributed by atoms with Crippen molar-refractivity contribution < 1.29 is 4.79 Å². The molecule has 3 rings (SSSR count). The van der Waals surface area contributed by atoms with Gasteiger partial charge in [0.05, 0.1) is 10.7 Å². The van der Waals surface area contributed by atoms with Gasteiger partial charge in [-0.15, -0.1) is 11.3 Å². The Morgan fingerprint density at radius 1 is 1.38 bits per heavy atom. The van der Waals surface area contributed by atoms with Gasteiger partial charge in [0.25, 0.3) is 11.5 Å². The standard InChI is InChI=1S/C17H22N4O2S/c1-3-13-11-24-16(18-13)12-6-5-9-20(10-12)17(23)14-7-8-15(22)21(4-2)19-14/h7-8,11-12H,3-6,9-10H2,1-2H3/t12-/m1/s1. The molecule has 0 unspecified atom stereocenters. The lowest BCUT2D eigenvalue weighted by Crippen LogP contribution is -2.40. The van der Waals surface area contributed by atoms with Crippen LogP contribution in [0, 0.1) is 0 Å². The highest BCUT2D eigenvalue weighted by Gasteiger charge is 2.28. The fourth-order valence-electron chi connectivity index (χ4n) is 2.99. The van der Waals surface area contributed by atoms with Gasteiger partial charge in [0.1, 0.15) is 5.69 Å². The average Bonchev–Trinajstić information content (AvgIpc) is 3.11. The van der Waals surface area contributed by atoms with E-state index in [2.05, 4.69) is 22.4 Å². The van der Waals surface area contributed by atoms with E-state index in [1.807, 2.05) is 11.8 Å². The van der Waals surface area contributed by atoms with E-state index in [9.17, 15) is 9.59 Å². The summed E-state index contributed by atoms with van der Waals surface area (Å²) in [7, 11) is 0. The van der Waals surface area contributed by atoms with Crippen molar-refractivity contribution >= 4 is 17.2 Å². The summed E-state index contributed by atoms with van der Waals surface area (Å²) in [5, 5.41) is 7.41. The van der Waals surface area contributed by atoms with Crippen LogP contribution in [0.1, 0.15) is 53.8 Å². The number of amides is 1. The predicted molar refractivity (Wildman–Crippen MR) is 93.5 cm³/mol. The maximum atomic E-state index is 12.7. The molecule has 1 aliphatic rings. The van der Waals surface area contributed by atoms with Crippen LogP contribution in [0.5, 0.6) is 0 Å². The van der Waals surface area contributed by atoms with E-state index in [4.69, 9.17) is 0 Å². The Labute approximate surface area is 145 Å². The van der Waals surface area contributed by atoms with Crippen LogP contribution in [0.15, 0.2) is 22.3 Å². The van der Waals surface area contributed by atoms with Gasteiger partial charge < -0.3 is 4.90 Å². The first-order valence-electron chi connectivity index (χ1n) is 8.44. The van der Waals surface area contributed by atoms with Crippen LogP contribution in [-0.2, 0) is 13.0 Å². The minimum Gasteiger partial charge on any atom is -0.337 e. The maximum Gasteiger partial charge on any atom is 0.274 e. The quantitative estimate of drug-likeness (QED) is 0.852. The zero-order chi connectivity index (χ0) is 17.1. The summed E-state index contributed by atoms with van der Waals surface area (Å²) < 4.78 is 1.32. The topological polar surface area (TPSA) is 68.1 Å².